The molecular weight excluding hydrogens is 412 g/mol. The van der Waals surface area contributed by atoms with E-state index in [-0.39, 0.29) is 18.9 Å². The first-order chi connectivity index (χ1) is 15.4. The van der Waals surface area contributed by atoms with Gasteiger partial charge in [-0.2, -0.15) is 5.10 Å². The van der Waals surface area contributed by atoms with Crippen LogP contribution >= 0.6 is 0 Å². The molecular formula is C24H23F2N5O. The van der Waals surface area contributed by atoms with Gasteiger partial charge in [-0.3, -0.25) is 9.67 Å². The number of pyridine rings is 1. The molecule has 0 saturated heterocycles. The molecule has 6 nitrogen and oxygen atoms in total. The second-order valence-electron chi connectivity index (χ2n) is 8.31. The second-order valence-corrected chi connectivity index (χ2v) is 8.31. The van der Waals surface area contributed by atoms with Crippen LogP contribution in [0.15, 0.2) is 48.8 Å². The standard InChI is InChI=1S/C24H23F2N5O/c1-15-3-6-20(18-13-27-31(14-18)19-7-9-24(25,26)10-8-19)23(28-15)17-5-4-16-12-22(32-2)30-29-21(16)11-17/h3-6,11-14,19H,7-10H2,1-2H3. The van der Waals surface area contributed by atoms with Gasteiger partial charge in [0.15, 0.2) is 0 Å². The Balaban J connectivity index is 1.51. The fourth-order valence-corrected chi connectivity index (χ4v) is 4.24. The largest absolute Gasteiger partial charge is 0.480 e. The van der Waals surface area contributed by atoms with E-state index in [4.69, 9.17) is 9.72 Å². The van der Waals surface area contributed by atoms with E-state index in [0.717, 1.165) is 39.0 Å². The molecule has 1 saturated carbocycles. The van der Waals surface area contributed by atoms with E-state index in [1.165, 1.54) is 0 Å². The van der Waals surface area contributed by atoms with Crippen molar-refractivity contribution in [2.45, 2.75) is 44.6 Å². The third-order valence-electron chi connectivity index (χ3n) is 6.06. The number of hydrogen-bond acceptors (Lipinski definition) is 5. The zero-order chi connectivity index (χ0) is 22.3. The molecule has 32 heavy (non-hydrogen) atoms. The topological polar surface area (TPSA) is 65.7 Å². The van der Waals surface area contributed by atoms with Gasteiger partial charge in [0.1, 0.15) is 0 Å². The van der Waals surface area contributed by atoms with Gasteiger partial charge in [-0.15, -0.1) is 10.2 Å². The number of aryl methyl sites for hydroxylation is 1. The van der Waals surface area contributed by atoms with Gasteiger partial charge in [0.25, 0.3) is 0 Å². The Morgan fingerprint density at radius 2 is 1.84 bits per heavy atom. The highest BCUT2D eigenvalue weighted by molar-refractivity contribution is 5.88. The molecule has 0 unspecified atom stereocenters. The van der Waals surface area contributed by atoms with Crippen molar-refractivity contribution in [1.29, 1.82) is 0 Å². The molecule has 0 amide bonds. The third-order valence-corrected chi connectivity index (χ3v) is 6.06. The van der Waals surface area contributed by atoms with Crippen molar-refractivity contribution in [2.24, 2.45) is 0 Å². The fourth-order valence-electron chi connectivity index (χ4n) is 4.24. The lowest BCUT2D eigenvalue weighted by Crippen LogP contribution is -2.26. The minimum Gasteiger partial charge on any atom is -0.480 e. The molecule has 8 heteroatoms. The number of ether oxygens (including phenoxy) is 1. The Morgan fingerprint density at radius 1 is 1.03 bits per heavy atom. The van der Waals surface area contributed by atoms with E-state index in [1.807, 2.05) is 54.2 Å². The van der Waals surface area contributed by atoms with Gasteiger partial charge < -0.3 is 4.74 Å². The van der Waals surface area contributed by atoms with E-state index >= 15 is 0 Å². The maximum Gasteiger partial charge on any atom is 0.248 e. The van der Waals surface area contributed by atoms with Gasteiger partial charge in [-0.1, -0.05) is 18.2 Å². The Morgan fingerprint density at radius 3 is 2.62 bits per heavy atom. The summed E-state index contributed by atoms with van der Waals surface area (Å²) in [4.78, 5) is 4.79. The molecule has 5 rings (SSSR count). The highest BCUT2D eigenvalue weighted by Gasteiger charge is 2.35. The van der Waals surface area contributed by atoms with Gasteiger partial charge in [0.05, 0.1) is 30.6 Å². The number of nitrogens with zero attached hydrogens (tertiary/aromatic N) is 5. The van der Waals surface area contributed by atoms with Crippen molar-refractivity contribution in [1.82, 2.24) is 25.0 Å². The molecule has 0 aliphatic heterocycles. The molecule has 1 fully saturated rings. The van der Waals surface area contributed by atoms with Crippen LogP contribution < -0.4 is 4.74 Å². The van der Waals surface area contributed by atoms with Crippen molar-refractivity contribution >= 4 is 10.9 Å². The summed E-state index contributed by atoms with van der Waals surface area (Å²) in [5.41, 5.74) is 5.22. The van der Waals surface area contributed by atoms with E-state index in [0.29, 0.717) is 18.7 Å². The van der Waals surface area contributed by atoms with Crippen molar-refractivity contribution in [3.63, 3.8) is 0 Å². The maximum absolute atomic E-state index is 13.5. The Hall–Kier alpha value is -3.42. The van der Waals surface area contributed by atoms with Crippen molar-refractivity contribution in [3.05, 3.63) is 54.5 Å². The first-order valence-corrected chi connectivity index (χ1v) is 10.6. The number of methoxy groups -OCH3 is 1. The summed E-state index contributed by atoms with van der Waals surface area (Å²) < 4.78 is 34.1. The molecule has 4 aromatic rings. The number of fused-ring (bicyclic) bond motifs is 1. The average Bonchev–Trinajstić information content (AvgIpc) is 3.28. The second kappa shape index (κ2) is 7.93. The molecule has 0 spiro atoms. The van der Waals surface area contributed by atoms with Crippen LogP contribution in [0.1, 0.15) is 37.4 Å². The van der Waals surface area contributed by atoms with E-state index in [2.05, 4.69) is 15.3 Å². The first kappa shape index (κ1) is 20.5. The summed E-state index contributed by atoms with van der Waals surface area (Å²) in [6.45, 7) is 1.95. The van der Waals surface area contributed by atoms with Gasteiger partial charge in [0.2, 0.25) is 11.8 Å². The van der Waals surface area contributed by atoms with Gasteiger partial charge >= 0.3 is 0 Å². The van der Waals surface area contributed by atoms with Crippen LogP contribution in [0.5, 0.6) is 5.88 Å². The SMILES string of the molecule is COc1cc2ccc(-c3nc(C)ccc3-c3cnn(C4CCC(F)(F)CC4)c3)cc2nn1. The molecule has 0 bridgehead atoms. The van der Waals surface area contributed by atoms with Gasteiger partial charge in [0, 0.05) is 52.9 Å². The van der Waals surface area contributed by atoms with Crippen LogP contribution in [-0.2, 0) is 0 Å². The normalized spacial score (nSPS) is 16.4. The monoisotopic (exact) mass is 435 g/mol. The average molecular weight is 435 g/mol. The van der Waals surface area contributed by atoms with Crippen LogP contribution in [0.3, 0.4) is 0 Å². The summed E-state index contributed by atoms with van der Waals surface area (Å²) in [6, 6.07) is 11.8. The summed E-state index contributed by atoms with van der Waals surface area (Å²) in [5.74, 6) is -2.09. The highest BCUT2D eigenvalue weighted by Crippen LogP contribution is 2.39. The predicted molar refractivity (Wildman–Crippen MR) is 118 cm³/mol. The number of halogens is 2. The molecule has 0 radical (unpaired) electrons. The van der Waals surface area contributed by atoms with Crippen LogP contribution in [0.4, 0.5) is 8.78 Å². The molecule has 164 valence electrons. The maximum atomic E-state index is 13.5. The summed E-state index contributed by atoms with van der Waals surface area (Å²) >= 11 is 0. The minimum atomic E-state index is -2.55. The van der Waals surface area contributed by atoms with Crippen molar-refractivity contribution < 1.29 is 13.5 Å². The van der Waals surface area contributed by atoms with Crippen LogP contribution in [0, 0.1) is 6.92 Å². The number of hydrogen-bond donors (Lipinski definition) is 0. The summed E-state index contributed by atoms with van der Waals surface area (Å²) in [7, 11) is 1.56. The zero-order valence-electron chi connectivity index (χ0n) is 17.9. The molecule has 3 heterocycles. The Kier molecular flexibility index (Phi) is 5.07. The summed E-state index contributed by atoms with van der Waals surface area (Å²) in [6.07, 6.45) is 4.41. The molecule has 3 aromatic heterocycles. The van der Waals surface area contributed by atoms with E-state index < -0.39 is 5.92 Å². The van der Waals surface area contributed by atoms with E-state index in [9.17, 15) is 8.78 Å². The lowest BCUT2D eigenvalue weighted by atomic mass is 9.92. The number of rotatable bonds is 4. The number of aromatic nitrogens is 5. The van der Waals surface area contributed by atoms with Crippen LogP contribution in [0.25, 0.3) is 33.3 Å². The zero-order valence-corrected chi connectivity index (χ0v) is 17.9. The highest BCUT2D eigenvalue weighted by atomic mass is 19.3. The van der Waals surface area contributed by atoms with Crippen LogP contribution in [-0.4, -0.2) is 38.0 Å². The molecule has 1 aromatic carbocycles. The van der Waals surface area contributed by atoms with Gasteiger partial charge in [-0.25, -0.2) is 8.78 Å². The predicted octanol–water partition coefficient (Wildman–Crippen LogP) is 5.62. The van der Waals surface area contributed by atoms with Crippen LogP contribution in [0.2, 0.25) is 0 Å². The lowest BCUT2D eigenvalue weighted by molar-refractivity contribution is -0.0449. The van der Waals surface area contributed by atoms with Crippen molar-refractivity contribution in [3.8, 4) is 28.3 Å². The molecule has 0 N–H and O–H groups in total. The van der Waals surface area contributed by atoms with E-state index in [1.54, 1.807) is 13.3 Å². The fraction of sp³-hybridized carbons (Fsp3) is 0.333. The molecule has 0 atom stereocenters. The lowest BCUT2D eigenvalue weighted by Gasteiger charge is -2.28. The van der Waals surface area contributed by atoms with Gasteiger partial charge in [-0.05, 0) is 31.9 Å². The summed E-state index contributed by atoms with van der Waals surface area (Å²) in [5, 5.41) is 13.7. The smallest absolute Gasteiger partial charge is 0.248 e. The van der Waals surface area contributed by atoms with Crippen molar-refractivity contribution in [2.75, 3.05) is 7.11 Å². The molecule has 1 aliphatic carbocycles. The minimum absolute atomic E-state index is 0.00356. The Bertz CT molecular complexity index is 1280. The molecule has 1 aliphatic rings. The third kappa shape index (κ3) is 3.92. The first-order valence-electron chi connectivity index (χ1n) is 10.6. The quantitative estimate of drug-likeness (QED) is 0.416. The Labute approximate surface area is 184 Å². The number of alkyl halides is 2. The number of benzene rings is 1.